The first-order valence-electron chi connectivity index (χ1n) is 7.78. The Hall–Kier alpha value is -1.11. The van der Waals surface area contributed by atoms with Crippen molar-refractivity contribution in [2.75, 3.05) is 37.3 Å². The molecule has 2 aliphatic rings. The standard InChI is InChI=1S/C16H21ClN2O3S/c1-23(21,22)19-8-5-16(6-9-19)4-7-18(12-16)15-10-14(17)3-2-13(15)11-20/h2-3,10-11H,4-9,12H2,1H3. The molecule has 1 aromatic carbocycles. The number of carbonyl (C=O) groups excluding carboxylic acids is 1. The number of piperidine rings is 1. The molecule has 1 aromatic rings. The number of carbonyl (C=O) groups is 1. The van der Waals surface area contributed by atoms with Crippen molar-refractivity contribution in [2.24, 2.45) is 5.41 Å². The van der Waals surface area contributed by atoms with Gasteiger partial charge < -0.3 is 4.90 Å². The van der Waals surface area contributed by atoms with Gasteiger partial charge in [0.05, 0.1) is 6.26 Å². The summed E-state index contributed by atoms with van der Waals surface area (Å²) >= 11 is 6.08. The molecule has 23 heavy (non-hydrogen) atoms. The minimum Gasteiger partial charge on any atom is -0.370 e. The first kappa shape index (κ1) is 16.7. The van der Waals surface area contributed by atoms with Gasteiger partial charge in [0.15, 0.2) is 6.29 Å². The van der Waals surface area contributed by atoms with Crippen LogP contribution in [-0.4, -0.2) is 51.4 Å². The van der Waals surface area contributed by atoms with Gasteiger partial charge in [-0.25, -0.2) is 12.7 Å². The predicted molar refractivity (Wildman–Crippen MR) is 91.8 cm³/mol. The molecule has 7 heteroatoms. The Morgan fingerprint density at radius 1 is 1.17 bits per heavy atom. The van der Waals surface area contributed by atoms with Crippen LogP contribution in [0.25, 0.3) is 0 Å². The highest BCUT2D eigenvalue weighted by Gasteiger charge is 2.42. The Morgan fingerprint density at radius 2 is 1.83 bits per heavy atom. The van der Waals surface area contributed by atoms with Gasteiger partial charge in [0.2, 0.25) is 10.0 Å². The second-order valence-corrected chi connectivity index (χ2v) is 9.07. The number of nitrogens with zero attached hydrogens (tertiary/aromatic N) is 2. The third-order valence-corrected chi connectivity index (χ3v) is 6.69. The van der Waals surface area contributed by atoms with E-state index in [1.54, 1.807) is 16.4 Å². The van der Waals surface area contributed by atoms with Gasteiger partial charge in [-0.2, -0.15) is 0 Å². The van der Waals surface area contributed by atoms with E-state index in [4.69, 9.17) is 11.6 Å². The maximum Gasteiger partial charge on any atom is 0.211 e. The fourth-order valence-electron chi connectivity index (χ4n) is 3.73. The monoisotopic (exact) mass is 356 g/mol. The number of hydrogen-bond donors (Lipinski definition) is 0. The second-order valence-electron chi connectivity index (χ2n) is 6.65. The zero-order valence-corrected chi connectivity index (χ0v) is 14.7. The molecule has 0 N–H and O–H groups in total. The molecule has 0 atom stereocenters. The molecule has 126 valence electrons. The van der Waals surface area contributed by atoms with Gasteiger partial charge in [-0.15, -0.1) is 0 Å². The lowest BCUT2D eigenvalue weighted by atomic mass is 9.78. The van der Waals surface area contributed by atoms with Crippen LogP contribution in [0.5, 0.6) is 0 Å². The van der Waals surface area contributed by atoms with Crippen LogP contribution in [0.4, 0.5) is 5.69 Å². The van der Waals surface area contributed by atoms with Gasteiger partial charge in [-0.05, 0) is 42.9 Å². The van der Waals surface area contributed by atoms with Crippen LogP contribution in [0, 0.1) is 5.41 Å². The molecular formula is C16H21ClN2O3S. The Bertz CT molecular complexity index is 712. The maximum atomic E-state index is 11.7. The molecule has 3 rings (SSSR count). The molecule has 0 bridgehead atoms. The minimum absolute atomic E-state index is 0.143. The topological polar surface area (TPSA) is 57.7 Å². The van der Waals surface area contributed by atoms with E-state index in [0.29, 0.717) is 23.7 Å². The lowest BCUT2D eigenvalue weighted by Crippen LogP contribution is -2.43. The van der Waals surface area contributed by atoms with Gasteiger partial charge in [0, 0.05) is 42.5 Å². The summed E-state index contributed by atoms with van der Waals surface area (Å²) in [5, 5.41) is 0.624. The average molecular weight is 357 g/mol. The van der Waals surface area contributed by atoms with Crippen molar-refractivity contribution in [2.45, 2.75) is 19.3 Å². The van der Waals surface area contributed by atoms with Crippen molar-refractivity contribution in [1.82, 2.24) is 4.31 Å². The zero-order valence-electron chi connectivity index (χ0n) is 13.2. The summed E-state index contributed by atoms with van der Waals surface area (Å²) in [4.78, 5) is 13.5. The van der Waals surface area contributed by atoms with Gasteiger partial charge in [-0.1, -0.05) is 11.6 Å². The molecule has 0 unspecified atom stereocenters. The first-order chi connectivity index (χ1) is 10.8. The molecule has 0 radical (unpaired) electrons. The molecule has 0 aromatic heterocycles. The molecule has 5 nitrogen and oxygen atoms in total. The van der Waals surface area contributed by atoms with Crippen molar-refractivity contribution in [3.05, 3.63) is 28.8 Å². The Morgan fingerprint density at radius 3 is 2.43 bits per heavy atom. The molecule has 1 spiro atoms. The van der Waals surface area contributed by atoms with E-state index in [1.165, 1.54) is 6.26 Å². The van der Waals surface area contributed by atoms with E-state index in [1.807, 2.05) is 6.07 Å². The molecule has 2 heterocycles. The Kier molecular flexibility index (Phi) is 4.42. The molecule has 0 saturated carbocycles. The lowest BCUT2D eigenvalue weighted by Gasteiger charge is -2.38. The van der Waals surface area contributed by atoms with Crippen LogP contribution in [0.1, 0.15) is 29.6 Å². The van der Waals surface area contributed by atoms with E-state index in [9.17, 15) is 13.2 Å². The van der Waals surface area contributed by atoms with Gasteiger partial charge >= 0.3 is 0 Å². The van der Waals surface area contributed by atoms with Crippen molar-refractivity contribution >= 4 is 33.6 Å². The summed E-state index contributed by atoms with van der Waals surface area (Å²) < 4.78 is 24.9. The number of sulfonamides is 1. The summed E-state index contributed by atoms with van der Waals surface area (Å²) in [6.07, 6.45) is 4.90. The highest BCUT2D eigenvalue weighted by Crippen LogP contribution is 2.43. The fourth-order valence-corrected chi connectivity index (χ4v) is 4.74. The van der Waals surface area contributed by atoms with Crippen molar-refractivity contribution in [1.29, 1.82) is 0 Å². The summed E-state index contributed by atoms with van der Waals surface area (Å²) in [5.41, 5.74) is 1.68. The van der Waals surface area contributed by atoms with Crippen LogP contribution < -0.4 is 4.90 Å². The zero-order chi connectivity index (χ0) is 16.7. The number of benzene rings is 1. The largest absolute Gasteiger partial charge is 0.370 e. The van der Waals surface area contributed by atoms with Crippen molar-refractivity contribution in [3.8, 4) is 0 Å². The van der Waals surface area contributed by atoms with Gasteiger partial charge in [0.25, 0.3) is 0 Å². The number of hydrogen-bond acceptors (Lipinski definition) is 4. The highest BCUT2D eigenvalue weighted by atomic mass is 35.5. The highest BCUT2D eigenvalue weighted by molar-refractivity contribution is 7.88. The molecule has 2 fully saturated rings. The fraction of sp³-hybridized carbons (Fsp3) is 0.562. The van der Waals surface area contributed by atoms with Crippen LogP contribution in [0.2, 0.25) is 5.02 Å². The normalized spacial score (nSPS) is 21.7. The molecular weight excluding hydrogens is 336 g/mol. The summed E-state index contributed by atoms with van der Waals surface area (Å²) in [5.74, 6) is 0. The van der Waals surface area contributed by atoms with Crippen molar-refractivity contribution < 1.29 is 13.2 Å². The quantitative estimate of drug-likeness (QED) is 0.780. The lowest BCUT2D eigenvalue weighted by molar-refractivity contribution is 0.112. The molecule has 0 amide bonds. The number of anilines is 1. The number of rotatable bonds is 3. The summed E-state index contributed by atoms with van der Waals surface area (Å²) in [6, 6.07) is 5.32. The third kappa shape index (κ3) is 3.39. The van der Waals surface area contributed by atoms with E-state index in [2.05, 4.69) is 4.90 Å². The minimum atomic E-state index is -3.10. The van der Waals surface area contributed by atoms with E-state index in [-0.39, 0.29) is 5.41 Å². The van der Waals surface area contributed by atoms with Crippen LogP contribution in [0.15, 0.2) is 18.2 Å². The Labute approximate surface area is 142 Å². The molecule has 2 aliphatic heterocycles. The Balaban J connectivity index is 1.75. The van der Waals surface area contributed by atoms with Gasteiger partial charge in [-0.3, -0.25) is 4.79 Å². The van der Waals surface area contributed by atoms with E-state index in [0.717, 1.165) is 44.3 Å². The average Bonchev–Trinajstić information content (AvgIpc) is 2.90. The van der Waals surface area contributed by atoms with Gasteiger partial charge in [0.1, 0.15) is 0 Å². The second kappa shape index (κ2) is 6.07. The number of halogens is 1. The summed E-state index contributed by atoms with van der Waals surface area (Å²) in [7, 11) is -3.10. The smallest absolute Gasteiger partial charge is 0.211 e. The third-order valence-electron chi connectivity index (χ3n) is 5.15. The van der Waals surface area contributed by atoms with Crippen LogP contribution in [0.3, 0.4) is 0 Å². The SMILES string of the molecule is CS(=O)(=O)N1CCC2(CCN(c3cc(Cl)ccc3C=O)C2)CC1. The maximum absolute atomic E-state index is 11.7. The summed E-state index contributed by atoms with van der Waals surface area (Å²) in [6.45, 7) is 2.90. The molecule has 0 aliphatic carbocycles. The van der Waals surface area contributed by atoms with E-state index >= 15 is 0 Å². The van der Waals surface area contributed by atoms with Crippen molar-refractivity contribution in [3.63, 3.8) is 0 Å². The predicted octanol–water partition coefficient (Wildman–Crippen LogP) is 2.40. The first-order valence-corrected chi connectivity index (χ1v) is 10.0. The van der Waals surface area contributed by atoms with Crippen LogP contribution in [-0.2, 0) is 10.0 Å². The number of aldehydes is 1. The van der Waals surface area contributed by atoms with Crippen LogP contribution >= 0.6 is 11.6 Å². The van der Waals surface area contributed by atoms with E-state index < -0.39 is 10.0 Å². The molecule has 2 saturated heterocycles.